The fourth-order valence-electron chi connectivity index (χ4n) is 3.53. The molecular formula is C16H25N3. The van der Waals surface area contributed by atoms with Crippen molar-refractivity contribution in [3.8, 4) is 0 Å². The first-order chi connectivity index (χ1) is 9.25. The van der Waals surface area contributed by atoms with E-state index in [0.717, 1.165) is 6.04 Å². The minimum absolute atomic E-state index is 0.113. The molecule has 1 aromatic carbocycles. The molecule has 2 fully saturated rings. The summed E-state index contributed by atoms with van der Waals surface area (Å²) in [5.41, 5.74) is 8.73. The van der Waals surface area contributed by atoms with Crippen LogP contribution in [0.4, 0.5) is 5.69 Å². The van der Waals surface area contributed by atoms with E-state index in [-0.39, 0.29) is 6.04 Å². The average Bonchev–Trinajstić information content (AvgIpc) is 3.09. The molecule has 19 heavy (non-hydrogen) atoms. The van der Waals surface area contributed by atoms with Gasteiger partial charge in [0.05, 0.1) is 0 Å². The van der Waals surface area contributed by atoms with Gasteiger partial charge in [-0.15, -0.1) is 0 Å². The Bertz CT molecular complexity index is 424. The van der Waals surface area contributed by atoms with Crippen LogP contribution < -0.4 is 10.6 Å². The van der Waals surface area contributed by atoms with Crippen LogP contribution in [0.1, 0.15) is 37.8 Å². The predicted octanol–water partition coefficient (Wildman–Crippen LogP) is 2.38. The van der Waals surface area contributed by atoms with Gasteiger partial charge in [-0.2, -0.15) is 0 Å². The number of likely N-dealkylation sites (tertiary alicyclic amines) is 1. The van der Waals surface area contributed by atoms with Crippen LogP contribution in [0, 0.1) is 0 Å². The molecule has 2 aliphatic rings. The van der Waals surface area contributed by atoms with Crippen molar-refractivity contribution in [1.82, 2.24) is 4.90 Å². The molecule has 0 radical (unpaired) electrons. The van der Waals surface area contributed by atoms with Crippen LogP contribution in [-0.2, 0) is 0 Å². The lowest BCUT2D eigenvalue weighted by Crippen LogP contribution is -2.35. The molecule has 3 rings (SSSR count). The van der Waals surface area contributed by atoms with Crippen molar-refractivity contribution in [1.29, 1.82) is 0 Å². The van der Waals surface area contributed by atoms with Gasteiger partial charge in [-0.25, -0.2) is 0 Å². The highest BCUT2D eigenvalue weighted by Crippen LogP contribution is 2.30. The van der Waals surface area contributed by atoms with Gasteiger partial charge in [0, 0.05) is 30.9 Å². The van der Waals surface area contributed by atoms with E-state index in [9.17, 15) is 0 Å². The van der Waals surface area contributed by atoms with Gasteiger partial charge in [-0.3, -0.25) is 4.90 Å². The van der Waals surface area contributed by atoms with Crippen LogP contribution >= 0.6 is 0 Å². The number of hydrogen-bond acceptors (Lipinski definition) is 3. The van der Waals surface area contributed by atoms with E-state index in [0.29, 0.717) is 0 Å². The Morgan fingerprint density at radius 3 is 2.63 bits per heavy atom. The summed E-state index contributed by atoms with van der Waals surface area (Å²) in [7, 11) is 0. The summed E-state index contributed by atoms with van der Waals surface area (Å²) in [5, 5.41) is 0. The van der Waals surface area contributed by atoms with E-state index in [1.807, 2.05) is 0 Å². The van der Waals surface area contributed by atoms with Gasteiger partial charge in [-0.1, -0.05) is 18.2 Å². The fourth-order valence-corrected chi connectivity index (χ4v) is 3.53. The number of hydrogen-bond donors (Lipinski definition) is 1. The standard InChI is InChI=1S/C16H25N3/c1-13(17)15-6-2-3-7-16(15)19-11-8-14(12-19)18-9-4-5-10-18/h2-3,6-7,13-14H,4-5,8-12,17H2,1H3. The number of nitrogens with zero attached hydrogens (tertiary/aromatic N) is 2. The summed E-state index contributed by atoms with van der Waals surface area (Å²) >= 11 is 0. The van der Waals surface area contributed by atoms with E-state index >= 15 is 0 Å². The summed E-state index contributed by atoms with van der Waals surface area (Å²) in [6.45, 7) is 7.02. The maximum atomic E-state index is 6.10. The van der Waals surface area contributed by atoms with Crippen LogP contribution in [0.5, 0.6) is 0 Å². The van der Waals surface area contributed by atoms with E-state index in [4.69, 9.17) is 5.73 Å². The van der Waals surface area contributed by atoms with Crippen molar-refractivity contribution in [2.24, 2.45) is 5.73 Å². The van der Waals surface area contributed by atoms with E-state index in [1.165, 1.54) is 56.7 Å². The van der Waals surface area contributed by atoms with Crippen molar-refractivity contribution in [2.75, 3.05) is 31.1 Å². The molecule has 2 saturated heterocycles. The first kappa shape index (κ1) is 12.9. The molecule has 2 N–H and O–H groups in total. The monoisotopic (exact) mass is 259 g/mol. The third kappa shape index (κ3) is 2.63. The van der Waals surface area contributed by atoms with Gasteiger partial charge >= 0.3 is 0 Å². The second-order valence-electron chi connectivity index (χ2n) is 5.98. The minimum atomic E-state index is 0.113. The minimum Gasteiger partial charge on any atom is -0.370 e. The van der Waals surface area contributed by atoms with E-state index in [2.05, 4.69) is 41.0 Å². The fraction of sp³-hybridized carbons (Fsp3) is 0.625. The molecule has 0 aliphatic carbocycles. The Morgan fingerprint density at radius 2 is 1.89 bits per heavy atom. The quantitative estimate of drug-likeness (QED) is 0.904. The molecule has 2 heterocycles. The van der Waals surface area contributed by atoms with Gasteiger partial charge in [0.15, 0.2) is 0 Å². The maximum Gasteiger partial charge on any atom is 0.0415 e. The molecule has 0 bridgehead atoms. The summed E-state index contributed by atoms with van der Waals surface area (Å²) in [6, 6.07) is 9.49. The summed E-state index contributed by atoms with van der Waals surface area (Å²) < 4.78 is 0. The topological polar surface area (TPSA) is 32.5 Å². The van der Waals surface area contributed by atoms with Gasteiger partial charge in [0.2, 0.25) is 0 Å². The second kappa shape index (κ2) is 5.51. The number of nitrogens with two attached hydrogens (primary N) is 1. The predicted molar refractivity (Wildman–Crippen MR) is 80.5 cm³/mol. The second-order valence-corrected chi connectivity index (χ2v) is 5.98. The Kier molecular flexibility index (Phi) is 3.76. The Morgan fingerprint density at radius 1 is 1.16 bits per heavy atom. The normalized spacial score (nSPS) is 26.0. The first-order valence-corrected chi connectivity index (χ1v) is 7.59. The maximum absolute atomic E-state index is 6.10. The summed E-state index contributed by atoms with van der Waals surface area (Å²) in [4.78, 5) is 5.20. The molecule has 3 heteroatoms. The summed E-state index contributed by atoms with van der Waals surface area (Å²) in [5.74, 6) is 0. The molecule has 3 nitrogen and oxygen atoms in total. The van der Waals surface area contributed by atoms with E-state index in [1.54, 1.807) is 0 Å². The van der Waals surface area contributed by atoms with Gasteiger partial charge in [-0.05, 0) is 50.9 Å². The molecule has 104 valence electrons. The zero-order valence-electron chi connectivity index (χ0n) is 11.9. The van der Waals surface area contributed by atoms with Crippen molar-refractivity contribution < 1.29 is 0 Å². The highest BCUT2D eigenvalue weighted by atomic mass is 15.3. The first-order valence-electron chi connectivity index (χ1n) is 7.59. The third-order valence-electron chi connectivity index (χ3n) is 4.59. The van der Waals surface area contributed by atoms with Crippen LogP contribution in [0.2, 0.25) is 0 Å². The number of para-hydroxylation sites is 1. The largest absolute Gasteiger partial charge is 0.370 e. The van der Waals surface area contributed by atoms with E-state index < -0.39 is 0 Å². The molecule has 0 saturated carbocycles. The third-order valence-corrected chi connectivity index (χ3v) is 4.59. The van der Waals surface area contributed by atoms with Gasteiger partial charge in [0.1, 0.15) is 0 Å². The van der Waals surface area contributed by atoms with Gasteiger partial charge < -0.3 is 10.6 Å². The lowest BCUT2D eigenvalue weighted by molar-refractivity contribution is 0.260. The Labute approximate surface area is 116 Å². The number of rotatable bonds is 3. The molecule has 0 amide bonds. The molecule has 2 atom stereocenters. The summed E-state index contributed by atoms with van der Waals surface area (Å²) in [6.07, 6.45) is 4.06. The van der Waals surface area contributed by atoms with Gasteiger partial charge in [0.25, 0.3) is 0 Å². The Balaban J connectivity index is 1.73. The number of benzene rings is 1. The molecule has 2 aliphatic heterocycles. The van der Waals surface area contributed by atoms with Crippen molar-refractivity contribution in [2.45, 2.75) is 38.3 Å². The number of anilines is 1. The molecule has 0 aromatic heterocycles. The molecule has 2 unspecified atom stereocenters. The molecule has 0 spiro atoms. The van der Waals surface area contributed by atoms with Crippen LogP contribution in [0.25, 0.3) is 0 Å². The SMILES string of the molecule is CC(N)c1ccccc1N1CCC(N2CCCC2)C1. The van der Waals surface area contributed by atoms with Crippen molar-refractivity contribution in [3.63, 3.8) is 0 Å². The Hall–Kier alpha value is -1.06. The van der Waals surface area contributed by atoms with Crippen LogP contribution in [0.3, 0.4) is 0 Å². The molecule has 1 aromatic rings. The van der Waals surface area contributed by atoms with Crippen LogP contribution in [0.15, 0.2) is 24.3 Å². The highest BCUT2D eigenvalue weighted by molar-refractivity contribution is 5.55. The smallest absolute Gasteiger partial charge is 0.0415 e. The molecular weight excluding hydrogens is 234 g/mol. The lowest BCUT2D eigenvalue weighted by atomic mass is 10.1. The highest BCUT2D eigenvalue weighted by Gasteiger charge is 2.30. The van der Waals surface area contributed by atoms with Crippen LogP contribution in [-0.4, -0.2) is 37.1 Å². The zero-order chi connectivity index (χ0) is 13.2. The van der Waals surface area contributed by atoms with Crippen molar-refractivity contribution >= 4 is 5.69 Å². The average molecular weight is 259 g/mol. The lowest BCUT2D eigenvalue weighted by Gasteiger charge is -2.26. The zero-order valence-corrected chi connectivity index (χ0v) is 11.9. The van der Waals surface area contributed by atoms with Crippen molar-refractivity contribution in [3.05, 3.63) is 29.8 Å².